The van der Waals surface area contributed by atoms with Gasteiger partial charge in [0.2, 0.25) is 0 Å². The molecule has 1 N–H and O–H groups in total. The van der Waals surface area contributed by atoms with Crippen molar-refractivity contribution < 1.29 is 4.79 Å². The highest BCUT2D eigenvalue weighted by molar-refractivity contribution is 5.94. The molecule has 0 aliphatic carbocycles. The predicted molar refractivity (Wildman–Crippen MR) is 92.6 cm³/mol. The monoisotopic (exact) mass is 303 g/mol. The number of unbranched alkanes of at least 4 members (excludes halogenated alkanes) is 1. The maximum Gasteiger partial charge on any atom is 0.253 e. The van der Waals surface area contributed by atoms with Gasteiger partial charge in [-0.15, -0.1) is 0 Å². The summed E-state index contributed by atoms with van der Waals surface area (Å²) in [4.78, 5) is 16.8. The Hall–Kier alpha value is -1.55. The summed E-state index contributed by atoms with van der Waals surface area (Å²) in [6, 6.07) is 8.47. The van der Waals surface area contributed by atoms with Crippen LogP contribution in [0.2, 0.25) is 0 Å². The fourth-order valence-electron chi connectivity index (χ4n) is 2.96. The lowest BCUT2D eigenvalue weighted by Crippen LogP contribution is -2.46. The van der Waals surface area contributed by atoms with E-state index in [-0.39, 0.29) is 5.91 Å². The van der Waals surface area contributed by atoms with E-state index in [2.05, 4.69) is 36.3 Å². The largest absolute Gasteiger partial charge is 0.375 e. The third-order valence-electron chi connectivity index (χ3n) is 4.52. The fraction of sp³-hybridized carbons (Fsp3) is 0.611. The van der Waals surface area contributed by atoms with Crippen molar-refractivity contribution in [2.24, 2.45) is 0 Å². The molecule has 0 radical (unpaired) electrons. The maximum absolute atomic E-state index is 12.6. The molecule has 1 aliphatic heterocycles. The van der Waals surface area contributed by atoms with Crippen LogP contribution in [0.15, 0.2) is 24.3 Å². The fourth-order valence-corrected chi connectivity index (χ4v) is 2.96. The summed E-state index contributed by atoms with van der Waals surface area (Å²) < 4.78 is 0. The molecule has 0 bridgehead atoms. The number of amides is 1. The molecule has 0 aromatic heterocycles. The Morgan fingerprint density at radius 3 is 2.73 bits per heavy atom. The van der Waals surface area contributed by atoms with Crippen LogP contribution in [0.5, 0.6) is 0 Å². The maximum atomic E-state index is 12.6. The topological polar surface area (TPSA) is 35.6 Å². The van der Waals surface area contributed by atoms with Gasteiger partial charge in [0.05, 0.1) is 0 Å². The molecule has 2 rings (SSSR count). The summed E-state index contributed by atoms with van der Waals surface area (Å²) in [6.07, 6.45) is 4.62. The van der Waals surface area contributed by atoms with Crippen molar-refractivity contribution in [2.75, 3.05) is 38.6 Å². The number of hydrogen-bond donors (Lipinski definition) is 1. The molecule has 0 spiro atoms. The van der Waals surface area contributed by atoms with Crippen molar-refractivity contribution in [3.8, 4) is 0 Å². The van der Waals surface area contributed by atoms with Gasteiger partial charge in [-0.3, -0.25) is 4.79 Å². The van der Waals surface area contributed by atoms with E-state index in [4.69, 9.17) is 0 Å². The smallest absolute Gasteiger partial charge is 0.253 e. The van der Waals surface area contributed by atoms with Gasteiger partial charge in [-0.05, 0) is 50.6 Å². The van der Waals surface area contributed by atoms with Crippen molar-refractivity contribution in [3.63, 3.8) is 0 Å². The van der Waals surface area contributed by atoms with Gasteiger partial charge in [-0.2, -0.15) is 0 Å². The van der Waals surface area contributed by atoms with Gasteiger partial charge in [0.15, 0.2) is 0 Å². The highest BCUT2D eigenvalue weighted by atomic mass is 16.2. The molecular formula is C18H29N3O. The lowest BCUT2D eigenvalue weighted by Gasteiger charge is -2.32. The Bertz CT molecular complexity index is 472. The van der Waals surface area contributed by atoms with E-state index in [0.29, 0.717) is 6.04 Å². The Morgan fingerprint density at radius 2 is 2.09 bits per heavy atom. The number of likely N-dealkylation sites (tertiary alicyclic amines) is 1. The van der Waals surface area contributed by atoms with Crippen LogP contribution in [0.4, 0.5) is 5.69 Å². The number of carbonyl (C=O) groups is 1. The Balaban J connectivity index is 1.98. The molecule has 1 saturated heterocycles. The molecule has 1 fully saturated rings. The summed E-state index contributed by atoms with van der Waals surface area (Å²) in [7, 11) is 4.08. The second-order valence-corrected chi connectivity index (χ2v) is 6.20. The molecular weight excluding hydrogens is 274 g/mol. The minimum Gasteiger partial charge on any atom is -0.375 e. The molecule has 122 valence electrons. The van der Waals surface area contributed by atoms with Gasteiger partial charge in [0, 0.05) is 44.0 Å². The Labute approximate surface area is 134 Å². The number of nitrogens with zero attached hydrogens (tertiary/aromatic N) is 2. The second kappa shape index (κ2) is 8.18. The second-order valence-electron chi connectivity index (χ2n) is 6.20. The SMILES string of the molecule is CCCCN(C)c1ccc(C(=O)N2CCCC(NC)C2)cc1. The average molecular weight is 303 g/mol. The summed E-state index contributed by atoms with van der Waals surface area (Å²) in [5.41, 5.74) is 1.97. The van der Waals surface area contributed by atoms with E-state index < -0.39 is 0 Å². The average Bonchev–Trinajstić information content (AvgIpc) is 2.59. The van der Waals surface area contributed by atoms with Gasteiger partial charge in [0.1, 0.15) is 0 Å². The zero-order chi connectivity index (χ0) is 15.9. The number of carbonyl (C=O) groups excluding carboxylic acids is 1. The van der Waals surface area contributed by atoms with Crippen molar-refractivity contribution >= 4 is 11.6 Å². The van der Waals surface area contributed by atoms with Gasteiger partial charge in [-0.25, -0.2) is 0 Å². The third kappa shape index (κ3) is 4.23. The summed E-state index contributed by atoms with van der Waals surface area (Å²) >= 11 is 0. The number of hydrogen-bond acceptors (Lipinski definition) is 3. The van der Waals surface area contributed by atoms with Crippen LogP contribution in [-0.4, -0.2) is 50.6 Å². The van der Waals surface area contributed by atoms with Crippen molar-refractivity contribution in [1.29, 1.82) is 0 Å². The molecule has 4 heteroatoms. The molecule has 1 amide bonds. The van der Waals surface area contributed by atoms with E-state index in [0.717, 1.165) is 38.0 Å². The van der Waals surface area contributed by atoms with Gasteiger partial charge in [-0.1, -0.05) is 13.3 Å². The number of nitrogens with one attached hydrogen (secondary N) is 1. The predicted octanol–water partition coefficient (Wildman–Crippen LogP) is 2.75. The minimum absolute atomic E-state index is 0.155. The summed E-state index contributed by atoms with van der Waals surface area (Å²) in [5.74, 6) is 0.155. The molecule has 22 heavy (non-hydrogen) atoms. The zero-order valence-corrected chi connectivity index (χ0v) is 14.1. The van der Waals surface area contributed by atoms with Gasteiger partial charge >= 0.3 is 0 Å². The van der Waals surface area contributed by atoms with Crippen molar-refractivity contribution in [1.82, 2.24) is 10.2 Å². The lowest BCUT2D eigenvalue weighted by atomic mass is 10.0. The highest BCUT2D eigenvalue weighted by Gasteiger charge is 2.23. The standard InChI is InChI=1S/C18H29N3O/c1-4-5-12-20(3)17-10-8-15(9-11-17)18(22)21-13-6-7-16(14-21)19-2/h8-11,16,19H,4-7,12-14H2,1-3H3. The summed E-state index contributed by atoms with van der Waals surface area (Å²) in [5, 5.41) is 3.28. The normalized spacial score (nSPS) is 18.3. The molecule has 1 aromatic carbocycles. The molecule has 0 saturated carbocycles. The van der Waals surface area contributed by atoms with E-state index in [9.17, 15) is 4.79 Å². The van der Waals surface area contributed by atoms with Crippen molar-refractivity contribution in [3.05, 3.63) is 29.8 Å². The molecule has 1 unspecified atom stereocenters. The number of benzene rings is 1. The van der Waals surface area contributed by atoms with Crippen LogP contribution >= 0.6 is 0 Å². The molecule has 1 aliphatic rings. The Kier molecular flexibility index (Phi) is 6.25. The zero-order valence-electron chi connectivity index (χ0n) is 14.1. The van der Waals surface area contributed by atoms with Gasteiger partial charge < -0.3 is 15.1 Å². The van der Waals surface area contributed by atoms with Crippen LogP contribution in [0, 0.1) is 0 Å². The van der Waals surface area contributed by atoms with Crippen LogP contribution in [0.25, 0.3) is 0 Å². The lowest BCUT2D eigenvalue weighted by molar-refractivity contribution is 0.0698. The number of anilines is 1. The van der Waals surface area contributed by atoms with Crippen LogP contribution in [-0.2, 0) is 0 Å². The first kappa shape index (κ1) is 16.8. The van der Waals surface area contributed by atoms with E-state index in [1.807, 2.05) is 24.1 Å². The number of likely N-dealkylation sites (N-methyl/N-ethyl adjacent to an activating group) is 1. The summed E-state index contributed by atoms with van der Waals surface area (Å²) in [6.45, 7) is 4.94. The minimum atomic E-state index is 0.155. The molecule has 1 heterocycles. The quantitative estimate of drug-likeness (QED) is 0.878. The van der Waals surface area contributed by atoms with Gasteiger partial charge in [0.25, 0.3) is 5.91 Å². The first-order valence-corrected chi connectivity index (χ1v) is 8.43. The van der Waals surface area contributed by atoms with Crippen molar-refractivity contribution in [2.45, 2.75) is 38.6 Å². The Morgan fingerprint density at radius 1 is 1.36 bits per heavy atom. The van der Waals surface area contributed by atoms with E-state index >= 15 is 0 Å². The van der Waals surface area contributed by atoms with Crippen LogP contribution in [0.1, 0.15) is 43.0 Å². The number of piperidine rings is 1. The highest BCUT2D eigenvalue weighted by Crippen LogP contribution is 2.18. The first-order chi connectivity index (χ1) is 10.7. The molecule has 1 aromatic rings. The van der Waals surface area contributed by atoms with Crippen LogP contribution in [0.3, 0.4) is 0 Å². The molecule has 1 atom stereocenters. The van der Waals surface area contributed by atoms with E-state index in [1.165, 1.54) is 18.5 Å². The first-order valence-electron chi connectivity index (χ1n) is 8.43. The molecule has 4 nitrogen and oxygen atoms in total. The van der Waals surface area contributed by atoms with Crippen LogP contribution < -0.4 is 10.2 Å². The number of rotatable bonds is 6. The van der Waals surface area contributed by atoms with E-state index in [1.54, 1.807) is 0 Å². The third-order valence-corrected chi connectivity index (χ3v) is 4.52.